The average Bonchev–Trinajstić information content (AvgIpc) is 2.59. The molecule has 0 unspecified atom stereocenters. The molecule has 0 bridgehead atoms. The van der Waals surface area contributed by atoms with Crippen molar-refractivity contribution in [2.75, 3.05) is 30.9 Å². The van der Waals surface area contributed by atoms with Crippen LogP contribution in [-0.4, -0.2) is 31.2 Å². The summed E-state index contributed by atoms with van der Waals surface area (Å²) in [5.41, 5.74) is 2.59. The predicted molar refractivity (Wildman–Crippen MR) is 102 cm³/mol. The summed E-state index contributed by atoms with van der Waals surface area (Å²) in [5.74, 6) is 0.645. The van der Waals surface area contributed by atoms with Crippen LogP contribution in [0.5, 0.6) is 0 Å². The SMILES string of the molecule is COCCCNc1ccc(NC(=O)c2ccc(C(C)(C)C)cc2)cn1. The van der Waals surface area contributed by atoms with Crippen molar-refractivity contribution in [2.45, 2.75) is 32.6 Å². The van der Waals surface area contributed by atoms with Gasteiger partial charge in [0, 0.05) is 25.8 Å². The first kappa shape index (κ1) is 18.9. The van der Waals surface area contributed by atoms with Gasteiger partial charge in [0.05, 0.1) is 11.9 Å². The lowest BCUT2D eigenvalue weighted by Crippen LogP contribution is -2.14. The van der Waals surface area contributed by atoms with Crippen LogP contribution in [-0.2, 0) is 10.2 Å². The topological polar surface area (TPSA) is 63.2 Å². The number of amides is 1. The van der Waals surface area contributed by atoms with Crippen molar-refractivity contribution in [3.05, 3.63) is 53.7 Å². The fourth-order valence-electron chi connectivity index (χ4n) is 2.33. The van der Waals surface area contributed by atoms with Crippen molar-refractivity contribution >= 4 is 17.4 Å². The summed E-state index contributed by atoms with van der Waals surface area (Å²) in [6.45, 7) is 7.97. The van der Waals surface area contributed by atoms with Crippen LogP contribution < -0.4 is 10.6 Å². The second kappa shape index (κ2) is 8.62. The standard InChI is InChI=1S/C20H27N3O2/c1-20(2,3)16-8-6-15(7-9-16)19(24)23-17-10-11-18(22-14-17)21-12-5-13-25-4/h6-11,14H,5,12-13H2,1-4H3,(H,21,22)(H,23,24). The summed E-state index contributed by atoms with van der Waals surface area (Å²) in [4.78, 5) is 16.6. The quantitative estimate of drug-likeness (QED) is 0.745. The van der Waals surface area contributed by atoms with E-state index < -0.39 is 0 Å². The van der Waals surface area contributed by atoms with Gasteiger partial charge in [-0.15, -0.1) is 0 Å². The number of anilines is 2. The molecule has 2 aromatic rings. The zero-order chi connectivity index (χ0) is 18.3. The number of carbonyl (C=O) groups is 1. The molecule has 0 saturated heterocycles. The van der Waals surface area contributed by atoms with Crippen LogP contribution >= 0.6 is 0 Å². The normalized spacial score (nSPS) is 11.2. The molecule has 2 rings (SSSR count). The predicted octanol–water partition coefficient (Wildman–Crippen LogP) is 4.08. The smallest absolute Gasteiger partial charge is 0.255 e. The molecule has 0 fully saturated rings. The Bertz CT molecular complexity index is 674. The van der Waals surface area contributed by atoms with E-state index in [1.165, 1.54) is 5.56 Å². The van der Waals surface area contributed by atoms with E-state index in [-0.39, 0.29) is 11.3 Å². The van der Waals surface area contributed by atoms with Crippen molar-refractivity contribution in [3.63, 3.8) is 0 Å². The fraction of sp³-hybridized carbons (Fsp3) is 0.400. The summed E-state index contributed by atoms with van der Waals surface area (Å²) in [6.07, 6.45) is 2.57. The van der Waals surface area contributed by atoms with Crippen LogP contribution in [0.2, 0.25) is 0 Å². The molecule has 134 valence electrons. The number of ether oxygens (including phenoxy) is 1. The van der Waals surface area contributed by atoms with Gasteiger partial charge in [-0.25, -0.2) is 4.98 Å². The van der Waals surface area contributed by atoms with Crippen LogP contribution in [0.3, 0.4) is 0 Å². The van der Waals surface area contributed by atoms with Crippen molar-refractivity contribution in [1.82, 2.24) is 4.98 Å². The molecule has 25 heavy (non-hydrogen) atoms. The first-order valence-electron chi connectivity index (χ1n) is 8.51. The first-order valence-corrected chi connectivity index (χ1v) is 8.51. The van der Waals surface area contributed by atoms with Crippen LogP contribution in [0.4, 0.5) is 11.5 Å². The molecule has 0 aliphatic heterocycles. The minimum Gasteiger partial charge on any atom is -0.385 e. The molecule has 0 atom stereocenters. The largest absolute Gasteiger partial charge is 0.385 e. The Kier molecular flexibility index (Phi) is 6.53. The van der Waals surface area contributed by atoms with Gasteiger partial charge < -0.3 is 15.4 Å². The lowest BCUT2D eigenvalue weighted by Gasteiger charge is -2.19. The van der Waals surface area contributed by atoms with E-state index in [2.05, 4.69) is 36.4 Å². The highest BCUT2D eigenvalue weighted by atomic mass is 16.5. The second-order valence-corrected chi connectivity index (χ2v) is 6.99. The van der Waals surface area contributed by atoms with Gasteiger partial charge >= 0.3 is 0 Å². The highest BCUT2D eigenvalue weighted by molar-refractivity contribution is 6.04. The van der Waals surface area contributed by atoms with E-state index in [9.17, 15) is 4.79 Å². The summed E-state index contributed by atoms with van der Waals surface area (Å²) in [7, 11) is 1.69. The van der Waals surface area contributed by atoms with Crippen molar-refractivity contribution < 1.29 is 9.53 Å². The second-order valence-electron chi connectivity index (χ2n) is 6.99. The van der Waals surface area contributed by atoms with Crippen LogP contribution in [0.25, 0.3) is 0 Å². The zero-order valence-electron chi connectivity index (χ0n) is 15.4. The Labute approximate surface area is 149 Å². The summed E-state index contributed by atoms with van der Waals surface area (Å²) < 4.78 is 5.00. The molecule has 0 aliphatic rings. The van der Waals surface area contributed by atoms with Gasteiger partial charge in [0.25, 0.3) is 5.91 Å². The molecule has 0 spiro atoms. The van der Waals surface area contributed by atoms with Crippen LogP contribution in [0, 0.1) is 0 Å². The number of carbonyl (C=O) groups excluding carboxylic acids is 1. The third-order valence-corrected chi connectivity index (χ3v) is 3.87. The molecule has 1 aromatic heterocycles. The first-order chi connectivity index (χ1) is 11.9. The number of hydrogen-bond acceptors (Lipinski definition) is 4. The van der Waals surface area contributed by atoms with E-state index in [1.54, 1.807) is 13.3 Å². The van der Waals surface area contributed by atoms with Gasteiger partial charge in [-0.1, -0.05) is 32.9 Å². The van der Waals surface area contributed by atoms with Gasteiger partial charge in [0.15, 0.2) is 0 Å². The third kappa shape index (κ3) is 5.87. The van der Waals surface area contributed by atoms with E-state index in [0.717, 1.165) is 25.4 Å². The molecule has 2 N–H and O–H groups in total. The Morgan fingerprint density at radius 3 is 2.40 bits per heavy atom. The lowest BCUT2D eigenvalue weighted by atomic mass is 9.87. The molecule has 0 radical (unpaired) electrons. The number of nitrogens with zero attached hydrogens (tertiary/aromatic N) is 1. The Morgan fingerprint density at radius 2 is 1.84 bits per heavy atom. The number of rotatable bonds is 7. The van der Waals surface area contributed by atoms with Crippen molar-refractivity contribution in [1.29, 1.82) is 0 Å². The number of pyridine rings is 1. The zero-order valence-corrected chi connectivity index (χ0v) is 15.4. The fourth-order valence-corrected chi connectivity index (χ4v) is 2.33. The minimum atomic E-state index is -0.136. The monoisotopic (exact) mass is 341 g/mol. The summed E-state index contributed by atoms with van der Waals surface area (Å²) in [5, 5.41) is 6.08. The molecule has 1 heterocycles. The van der Waals surface area contributed by atoms with Crippen molar-refractivity contribution in [3.8, 4) is 0 Å². The lowest BCUT2D eigenvalue weighted by molar-refractivity contribution is 0.102. The molecule has 5 heteroatoms. The highest BCUT2D eigenvalue weighted by Gasteiger charge is 2.14. The summed E-state index contributed by atoms with van der Waals surface area (Å²) >= 11 is 0. The maximum absolute atomic E-state index is 12.3. The molecular formula is C20H27N3O2. The average molecular weight is 341 g/mol. The molecule has 1 aromatic carbocycles. The van der Waals surface area contributed by atoms with E-state index in [0.29, 0.717) is 11.3 Å². The van der Waals surface area contributed by atoms with E-state index in [1.807, 2.05) is 36.4 Å². The van der Waals surface area contributed by atoms with Crippen molar-refractivity contribution in [2.24, 2.45) is 0 Å². The van der Waals surface area contributed by atoms with Gasteiger partial charge in [0.2, 0.25) is 0 Å². The molecule has 0 aliphatic carbocycles. The maximum Gasteiger partial charge on any atom is 0.255 e. The van der Waals surface area contributed by atoms with Gasteiger partial charge in [0.1, 0.15) is 5.82 Å². The summed E-state index contributed by atoms with van der Waals surface area (Å²) in [6, 6.07) is 11.4. The number of nitrogens with one attached hydrogen (secondary N) is 2. The number of hydrogen-bond donors (Lipinski definition) is 2. The number of methoxy groups -OCH3 is 1. The Balaban J connectivity index is 1.92. The number of aromatic nitrogens is 1. The van der Waals surface area contributed by atoms with Gasteiger partial charge in [-0.2, -0.15) is 0 Å². The third-order valence-electron chi connectivity index (χ3n) is 3.87. The van der Waals surface area contributed by atoms with Gasteiger partial charge in [-0.3, -0.25) is 4.79 Å². The van der Waals surface area contributed by atoms with Crippen LogP contribution in [0.1, 0.15) is 43.1 Å². The molecular weight excluding hydrogens is 314 g/mol. The van der Waals surface area contributed by atoms with Gasteiger partial charge in [-0.05, 0) is 41.7 Å². The molecule has 0 saturated carbocycles. The minimum absolute atomic E-state index is 0.0744. The Morgan fingerprint density at radius 1 is 1.12 bits per heavy atom. The molecule has 1 amide bonds. The maximum atomic E-state index is 12.3. The van der Waals surface area contributed by atoms with E-state index >= 15 is 0 Å². The number of benzene rings is 1. The molecule has 5 nitrogen and oxygen atoms in total. The van der Waals surface area contributed by atoms with E-state index in [4.69, 9.17) is 4.74 Å². The van der Waals surface area contributed by atoms with Crippen LogP contribution in [0.15, 0.2) is 42.6 Å². The Hall–Kier alpha value is -2.40. The highest BCUT2D eigenvalue weighted by Crippen LogP contribution is 2.22.